The number of benzene rings is 2. The number of anilines is 1. The van der Waals surface area contributed by atoms with Crippen molar-refractivity contribution in [3.63, 3.8) is 0 Å². The third-order valence-corrected chi connectivity index (χ3v) is 5.31. The molecule has 3 heterocycles. The molecule has 2 aromatic carbocycles. The fourth-order valence-corrected chi connectivity index (χ4v) is 3.86. The monoisotopic (exact) mass is 385 g/mol. The van der Waals surface area contributed by atoms with E-state index in [2.05, 4.69) is 47.0 Å². The van der Waals surface area contributed by atoms with Gasteiger partial charge in [-0.3, -0.25) is 0 Å². The van der Waals surface area contributed by atoms with E-state index in [1.807, 2.05) is 28.8 Å². The van der Waals surface area contributed by atoms with Gasteiger partial charge in [0.15, 0.2) is 0 Å². The van der Waals surface area contributed by atoms with E-state index in [-0.39, 0.29) is 0 Å². The molecule has 0 fully saturated rings. The third kappa shape index (κ3) is 3.32. The van der Waals surface area contributed by atoms with Crippen molar-refractivity contribution < 1.29 is 4.74 Å². The van der Waals surface area contributed by atoms with Crippen molar-refractivity contribution in [2.75, 3.05) is 19.0 Å². The summed E-state index contributed by atoms with van der Waals surface area (Å²) >= 11 is 0. The van der Waals surface area contributed by atoms with Gasteiger partial charge in [-0.1, -0.05) is 48.5 Å². The molecule has 6 nitrogen and oxygen atoms in total. The van der Waals surface area contributed by atoms with Crippen LogP contribution in [-0.4, -0.2) is 28.2 Å². The zero-order valence-corrected chi connectivity index (χ0v) is 16.4. The first-order valence-corrected chi connectivity index (χ1v) is 9.86. The van der Waals surface area contributed by atoms with Crippen LogP contribution in [-0.2, 0) is 19.5 Å². The first-order chi connectivity index (χ1) is 14.3. The minimum Gasteiger partial charge on any atom is -0.482 e. The lowest BCUT2D eigenvalue weighted by Crippen LogP contribution is -2.27. The quantitative estimate of drug-likeness (QED) is 0.549. The van der Waals surface area contributed by atoms with Crippen LogP contribution in [0.2, 0.25) is 0 Å². The Bertz CT molecular complexity index is 1150. The summed E-state index contributed by atoms with van der Waals surface area (Å²) < 4.78 is 7.63. The van der Waals surface area contributed by atoms with E-state index in [9.17, 15) is 0 Å². The second-order valence-corrected chi connectivity index (χ2v) is 7.14. The van der Waals surface area contributed by atoms with E-state index in [4.69, 9.17) is 14.7 Å². The second-order valence-electron chi connectivity index (χ2n) is 7.14. The average molecular weight is 385 g/mol. The van der Waals surface area contributed by atoms with E-state index in [0.29, 0.717) is 5.95 Å². The van der Waals surface area contributed by atoms with E-state index in [1.165, 1.54) is 11.1 Å². The number of methoxy groups -OCH3 is 1. The molecule has 1 aliphatic rings. The SMILES string of the molecule is COc1cc2ccccc2n1-c1nc2c(c(NCc3ccccc3)n1)CCNC2. The maximum Gasteiger partial charge on any atom is 0.239 e. The molecular weight excluding hydrogens is 362 g/mol. The van der Waals surface area contributed by atoms with Gasteiger partial charge in [0.2, 0.25) is 11.8 Å². The van der Waals surface area contributed by atoms with Crippen molar-refractivity contribution in [3.8, 4) is 11.8 Å². The minimum atomic E-state index is 0.626. The van der Waals surface area contributed by atoms with Gasteiger partial charge in [-0.15, -0.1) is 0 Å². The molecule has 0 aliphatic carbocycles. The van der Waals surface area contributed by atoms with Crippen LogP contribution in [0.5, 0.6) is 5.88 Å². The second kappa shape index (κ2) is 7.56. The normalized spacial score (nSPS) is 13.3. The zero-order chi connectivity index (χ0) is 19.6. The van der Waals surface area contributed by atoms with Gasteiger partial charge in [0.05, 0.1) is 18.3 Å². The average Bonchev–Trinajstić information content (AvgIpc) is 3.16. The number of hydrogen-bond donors (Lipinski definition) is 2. The number of nitrogens with one attached hydrogen (secondary N) is 2. The predicted octanol–water partition coefficient (Wildman–Crippen LogP) is 3.69. The highest BCUT2D eigenvalue weighted by Crippen LogP contribution is 2.30. The number of aromatic nitrogens is 3. The summed E-state index contributed by atoms with van der Waals surface area (Å²) in [4.78, 5) is 9.83. The van der Waals surface area contributed by atoms with Gasteiger partial charge in [0.1, 0.15) is 5.82 Å². The topological polar surface area (TPSA) is 64.0 Å². The molecular formula is C23H23N5O. The summed E-state index contributed by atoms with van der Waals surface area (Å²) in [6, 6.07) is 20.6. The van der Waals surface area contributed by atoms with E-state index in [0.717, 1.165) is 54.3 Å². The molecule has 29 heavy (non-hydrogen) atoms. The van der Waals surface area contributed by atoms with Crippen LogP contribution in [0.1, 0.15) is 16.8 Å². The fourth-order valence-electron chi connectivity index (χ4n) is 3.86. The number of fused-ring (bicyclic) bond motifs is 2. The lowest BCUT2D eigenvalue weighted by atomic mass is 10.1. The van der Waals surface area contributed by atoms with Gasteiger partial charge < -0.3 is 15.4 Å². The predicted molar refractivity (Wildman–Crippen MR) is 115 cm³/mol. The van der Waals surface area contributed by atoms with Gasteiger partial charge in [-0.25, -0.2) is 9.55 Å². The standard InChI is InChI=1S/C23H23N5O/c1-29-21-13-17-9-5-6-10-20(17)28(21)23-26-19-15-24-12-11-18(19)22(27-23)25-14-16-7-3-2-4-8-16/h2-10,13,24H,11-12,14-15H2,1H3,(H,25,26,27). The molecule has 1 aliphatic heterocycles. The molecule has 0 atom stereocenters. The van der Waals surface area contributed by atoms with Gasteiger partial charge in [0.25, 0.3) is 0 Å². The fraction of sp³-hybridized carbons (Fsp3) is 0.217. The summed E-state index contributed by atoms with van der Waals surface area (Å²) in [5, 5.41) is 8.07. The Hall–Kier alpha value is -3.38. The highest BCUT2D eigenvalue weighted by molar-refractivity contribution is 5.84. The summed E-state index contributed by atoms with van der Waals surface area (Å²) in [5.74, 6) is 2.25. The van der Waals surface area contributed by atoms with Crippen LogP contribution in [0.25, 0.3) is 16.9 Å². The number of nitrogens with zero attached hydrogens (tertiary/aromatic N) is 3. The van der Waals surface area contributed by atoms with Crippen LogP contribution < -0.4 is 15.4 Å². The number of para-hydroxylation sites is 1. The number of ether oxygens (including phenoxy) is 1. The molecule has 0 amide bonds. The Balaban J connectivity index is 1.61. The van der Waals surface area contributed by atoms with E-state index in [1.54, 1.807) is 7.11 Å². The van der Waals surface area contributed by atoms with Gasteiger partial charge in [-0.05, 0) is 24.6 Å². The minimum absolute atomic E-state index is 0.626. The Morgan fingerprint density at radius 1 is 1.07 bits per heavy atom. The summed E-state index contributed by atoms with van der Waals surface area (Å²) in [7, 11) is 1.68. The van der Waals surface area contributed by atoms with Gasteiger partial charge in [0, 0.05) is 30.1 Å². The molecule has 0 unspecified atom stereocenters. The van der Waals surface area contributed by atoms with Crippen molar-refractivity contribution in [2.24, 2.45) is 0 Å². The van der Waals surface area contributed by atoms with E-state index >= 15 is 0 Å². The Labute approximate surface area is 169 Å². The van der Waals surface area contributed by atoms with Crippen LogP contribution in [0.15, 0.2) is 60.7 Å². The van der Waals surface area contributed by atoms with Crippen molar-refractivity contribution in [1.82, 2.24) is 19.9 Å². The largest absolute Gasteiger partial charge is 0.482 e. The molecule has 2 N–H and O–H groups in total. The number of hydrogen-bond acceptors (Lipinski definition) is 5. The van der Waals surface area contributed by atoms with Crippen LogP contribution in [0, 0.1) is 0 Å². The molecule has 0 bridgehead atoms. The lowest BCUT2D eigenvalue weighted by Gasteiger charge is -2.21. The summed E-state index contributed by atoms with van der Waals surface area (Å²) in [6.07, 6.45) is 0.913. The lowest BCUT2D eigenvalue weighted by molar-refractivity contribution is 0.390. The maximum atomic E-state index is 5.64. The molecule has 2 aromatic heterocycles. The Kier molecular flexibility index (Phi) is 4.62. The molecule has 0 spiro atoms. The van der Waals surface area contributed by atoms with E-state index < -0.39 is 0 Å². The first kappa shape index (κ1) is 17.7. The summed E-state index contributed by atoms with van der Waals surface area (Å²) in [6.45, 7) is 2.40. The zero-order valence-electron chi connectivity index (χ0n) is 16.4. The highest BCUT2D eigenvalue weighted by Gasteiger charge is 2.21. The molecule has 0 radical (unpaired) electrons. The smallest absolute Gasteiger partial charge is 0.239 e. The molecule has 4 aromatic rings. The van der Waals surface area contributed by atoms with Gasteiger partial charge in [-0.2, -0.15) is 4.98 Å². The molecule has 146 valence electrons. The maximum absolute atomic E-state index is 5.64. The third-order valence-electron chi connectivity index (χ3n) is 5.31. The summed E-state index contributed by atoms with van der Waals surface area (Å²) in [5.41, 5.74) is 4.48. The van der Waals surface area contributed by atoms with Crippen LogP contribution in [0.4, 0.5) is 5.82 Å². The van der Waals surface area contributed by atoms with Gasteiger partial charge >= 0.3 is 0 Å². The molecule has 0 saturated heterocycles. The van der Waals surface area contributed by atoms with Crippen LogP contribution >= 0.6 is 0 Å². The first-order valence-electron chi connectivity index (χ1n) is 9.86. The van der Waals surface area contributed by atoms with Crippen molar-refractivity contribution in [1.29, 1.82) is 0 Å². The van der Waals surface area contributed by atoms with Crippen molar-refractivity contribution in [2.45, 2.75) is 19.5 Å². The van der Waals surface area contributed by atoms with Crippen molar-refractivity contribution >= 4 is 16.7 Å². The Morgan fingerprint density at radius 3 is 2.76 bits per heavy atom. The highest BCUT2D eigenvalue weighted by atomic mass is 16.5. The molecule has 6 heteroatoms. The molecule has 5 rings (SSSR count). The number of rotatable bonds is 5. The van der Waals surface area contributed by atoms with Crippen LogP contribution in [0.3, 0.4) is 0 Å². The molecule has 0 saturated carbocycles. The Morgan fingerprint density at radius 2 is 1.90 bits per heavy atom. The van der Waals surface area contributed by atoms with Crippen molar-refractivity contribution in [3.05, 3.63) is 77.5 Å².